The van der Waals surface area contributed by atoms with Gasteiger partial charge in [0.2, 0.25) is 0 Å². The van der Waals surface area contributed by atoms with Crippen molar-refractivity contribution in [1.82, 2.24) is 14.9 Å². The number of halogens is 2. The average molecular weight is 268 g/mol. The molecule has 0 bridgehead atoms. The van der Waals surface area contributed by atoms with E-state index in [-0.39, 0.29) is 18.2 Å². The normalized spacial score (nSPS) is 26.2. The second kappa shape index (κ2) is 4.37. The molecule has 0 aliphatic carbocycles. The number of nitrogens with zero attached hydrogens (tertiary/aromatic N) is 4. The van der Waals surface area contributed by atoms with Gasteiger partial charge in [-0.3, -0.25) is 4.90 Å². The number of aromatic nitrogens is 2. The van der Waals surface area contributed by atoms with Gasteiger partial charge in [-0.05, 0) is 13.8 Å². The van der Waals surface area contributed by atoms with Crippen molar-refractivity contribution >= 4 is 5.82 Å². The number of hydrogen-bond acceptors (Lipinski definition) is 4. The van der Waals surface area contributed by atoms with Gasteiger partial charge in [0.25, 0.3) is 5.92 Å². The fourth-order valence-corrected chi connectivity index (χ4v) is 2.99. The number of piperazine rings is 1. The molecule has 6 heteroatoms. The van der Waals surface area contributed by atoms with Crippen molar-refractivity contribution in [2.45, 2.75) is 38.3 Å². The predicted octanol–water partition coefficient (Wildman–Crippen LogP) is 1.87. The van der Waals surface area contributed by atoms with Crippen LogP contribution in [0.5, 0.6) is 0 Å². The highest BCUT2D eigenvalue weighted by Gasteiger charge is 2.48. The molecule has 1 saturated heterocycles. The maximum Gasteiger partial charge on any atom is 0.295 e. The molecule has 0 spiro atoms. The van der Waals surface area contributed by atoms with Crippen LogP contribution >= 0.6 is 0 Å². The van der Waals surface area contributed by atoms with E-state index in [4.69, 9.17) is 0 Å². The standard InChI is InChI=1S/C13H18F2N4/c1-9(2)18-5-6-19-10(8-18)7-13(14,15)11-12(19)17-4-3-16-11/h3-4,9-10H,5-8H2,1-2H3. The van der Waals surface area contributed by atoms with Crippen LogP contribution in [0, 0.1) is 0 Å². The minimum absolute atomic E-state index is 0.163. The van der Waals surface area contributed by atoms with Crippen molar-refractivity contribution in [2.24, 2.45) is 0 Å². The summed E-state index contributed by atoms with van der Waals surface area (Å²) in [4.78, 5) is 12.2. The third-order valence-electron chi connectivity index (χ3n) is 4.03. The van der Waals surface area contributed by atoms with Crippen LogP contribution in [0.1, 0.15) is 26.0 Å². The van der Waals surface area contributed by atoms with Crippen LogP contribution in [0.2, 0.25) is 0 Å². The Kier molecular flexibility index (Phi) is 2.92. The second-order valence-electron chi connectivity index (χ2n) is 5.57. The van der Waals surface area contributed by atoms with E-state index in [1.54, 1.807) is 0 Å². The zero-order valence-electron chi connectivity index (χ0n) is 11.2. The lowest BCUT2D eigenvalue weighted by Crippen LogP contribution is -2.58. The van der Waals surface area contributed by atoms with Gasteiger partial charge >= 0.3 is 0 Å². The number of alkyl halides is 2. The largest absolute Gasteiger partial charge is 0.349 e. The summed E-state index contributed by atoms with van der Waals surface area (Å²) in [6.07, 6.45) is 2.67. The van der Waals surface area contributed by atoms with Gasteiger partial charge in [0.15, 0.2) is 11.5 Å². The van der Waals surface area contributed by atoms with Gasteiger partial charge in [-0.2, -0.15) is 8.78 Å². The molecule has 3 rings (SSSR count). The first-order valence-corrected chi connectivity index (χ1v) is 6.69. The smallest absolute Gasteiger partial charge is 0.295 e. The summed E-state index contributed by atoms with van der Waals surface area (Å²) < 4.78 is 28.3. The molecule has 0 saturated carbocycles. The summed E-state index contributed by atoms with van der Waals surface area (Å²) in [6, 6.07) is 0.217. The van der Waals surface area contributed by atoms with E-state index in [1.807, 2.05) is 4.90 Å². The average Bonchev–Trinajstić information content (AvgIpc) is 2.37. The topological polar surface area (TPSA) is 32.3 Å². The monoisotopic (exact) mass is 268 g/mol. The number of hydrogen-bond donors (Lipinski definition) is 0. The quantitative estimate of drug-likeness (QED) is 0.778. The Morgan fingerprint density at radius 2 is 2.00 bits per heavy atom. The minimum Gasteiger partial charge on any atom is -0.349 e. The highest BCUT2D eigenvalue weighted by molar-refractivity contribution is 5.50. The first-order chi connectivity index (χ1) is 8.99. The van der Waals surface area contributed by atoms with Crippen molar-refractivity contribution in [3.63, 3.8) is 0 Å². The van der Waals surface area contributed by atoms with E-state index in [0.717, 1.165) is 13.1 Å². The van der Waals surface area contributed by atoms with E-state index < -0.39 is 5.92 Å². The lowest BCUT2D eigenvalue weighted by atomic mass is 9.95. The van der Waals surface area contributed by atoms with Crippen LogP contribution in [-0.2, 0) is 5.92 Å². The Morgan fingerprint density at radius 3 is 2.74 bits per heavy atom. The Bertz CT molecular complexity index is 477. The maximum atomic E-state index is 14.1. The second-order valence-corrected chi connectivity index (χ2v) is 5.57. The van der Waals surface area contributed by atoms with E-state index in [1.165, 1.54) is 12.4 Å². The van der Waals surface area contributed by atoms with Gasteiger partial charge in [-0.15, -0.1) is 0 Å². The highest BCUT2D eigenvalue weighted by Crippen LogP contribution is 2.43. The summed E-state index contributed by atoms with van der Waals surface area (Å²) in [5.41, 5.74) is -0.163. The summed E-state index contributed by atoms with van der Waals surface area (Å²) in [5, 5.41) is 0. The Hall–Kier alpha value is -1.30. The molecular formula is C13H18F2N4. The summed E-state index contributed by atoms with van der Waals surface area (Å²) in [5.74, 6) is -2.50. The van der Waals surface area contributed by atoms with Crippen LogP contribution in [0.4, 0.5) is 14.6 Å². The van der Waals surface area contributed by atoms with Gasteiger partial charge in [-0.1, -0.05) is 0 Å². The van der Waals surface area contributed by atoms with Gasteiger partial charge in [0.05, 0.1) is 0 Å². The molecule has 2 aliphatic rings. The van der Waals surface area contributed by atoms with E-state index in [2.05, 4.69) is 28.7 Å². The first-order valence-electron chi connectivity index (χ1n) is 6.69. The Balaban J connectivity index is 1.94. The van der Waals surface area contributed by atoms with E-state index in [9.17, 15) is 8.78 Å². The number of fused-ring (bicyclic) bond motifs is 3. The molecule has 2 aliphatic heterocycles. The summed E-state index contributed by atoms with van der Waals surface area (Å²) >= 11 is 0. The molecule has 19 heavy (non-hydrogen) atoms. The molecule has 1 unspecified atom stereocenters. The van der Waals surface area contributed by atoms with Crippen LogP contribution in [0.3, 0.4) is 0 Å². The fraction of sp³-hybridized carbons (Fsp3) is 0.692. The molecule has 0 amide bonds. The van der Waals surface area contributed by atoms with Crippen LogP contribution in [0.25, 0.3) is 0 Å². The van der Waals surface area contributed by atoms with Crippen LogP contribution < -0.4 is 4.90 Å². The van der Waals surface area contributed by atoms with Crippen molar-refractivity contribution in [1.29, 1.82) is 0 Å². The van der Waals surface area contributed by atoms with Crippen molar-refractivity contribution < 1.29 is 8.78 Å². The molecular weight excluding hydrogens is 250 g/mol. The maximum absolute atomic E-state index is 14.1. The minimum atomic E-state index is -2.87. The predicted molar refractivity (Wildman–Crippen MR) is 68.4 cm³/mol. The molecule has 0 N–H and O–H groups in total. The number of rotatable bonds is 1. The third kappa shape index (κ3) is 2.08. The van der Waals surface area contributed by atoms with Gasteiger partial charge in [0.1, 0.15) is 0 Å². The van der Waals surface area contributed by atoms with E-state index in [0.29, 0.717) is 18.4 Å². The number of anilines is 1. The lowest BCUT2D eigenvalue weighted by Gasteiger charge is -2.47. The van der Waals surface area contributed by atoms with Crippen molar-refractivity contribution in [3.05, 3.63) is 18.1 Å². The molecule has 1 fully saturated rings. The summed E-state index contributed by atoms with van der Waals surface area (Å²) in [6.45, 7) is 6.50. The van der Waals surface area contributed by atoms with Crippen LogP contribution in [0.15, 0.2) is 12.4 Å². The molecule has 1 atom stereocenters. The Morgan fingerprint density at radius 1 is 1.26 bits per heavy atom. The molecule has 0 radical (unpaired) electrons. The van der Waals surface area contributed by atoms with Gasteiger partial charge in [-0.25, -0.2) is 9.97 Å². The molecule has 1 aromatic rings. The molecule has 4 nitrogen and oxygen atoms in total. The van der Waals surface area contributed by atoms with Gasteiger partial charge in [0, 0.05) is 50.5 Å². The molecule has 104 valence electrons. The molecule has 3 heterocycles. The zero-order chi connectivity index (χ0) is 13.6. The van der Waals surface area contributed by atoms with Gasteiger partial charge < -0.3 is 4.90 Å². The fourth-order valence-electron chi connectivity index (χ4n) is 2.99. The third-order valence-corrected chi connectivity index (χ3v) is 4.03. The van der Waals surface area contributed by atoms with Crippen molar-refractivity contribution in [3.8, 4) is 0 Å². The molecule has 0 aromatic carbocycles. The van der Waals surface area contributed by atoms with Crippen LogP contribution in [-0.4, -0.2) is 46.6 Å². The first kappa shape index (κ1) is 12.7. The molecule has 1 aromatic heterocycles. The summed E-state index contributed by atoms with van der Waals surface area (Å²) in [7, 11) is 0. The Labute approximate surface area is 111 Å². The highest BCUT2D eigenvalue weighted by atomic mass is 19.3. The lowest BCUT2D eigenvalue weighted by molar-refractivity contribution is -0.0379. The van der Waals surface area contributed by atoms with E-state index >= 15 is 0 Å². The zero-order valence-corrected chi connectivity index (χ0v) is 11.2. The SMILES string of the molecule is CC(C)N1CCN2c3nccnc3C(F)(F)CC2C1. The van der Waals surface area contributed by atoms with Crippen molar-refractivity contribution in [2.75, 3.05) is 24.5 Å².